The maximum atomic E-state index is 12.5. The molecule has 3 rings (SSSR count). The standard InChI is InChI=1S/C18H22N4O3S/c1-13-20-16(21-25-13)12-26-15-7-3-2-6-14(15)18(24)19-9-8-17(23)22-10-4-5-11-22/h2-3,6-7H,4-5,8-12H2,1H3,(H,19,24). The number of thioether (sulfide) groups is 1. The van der Waals surface area contributed by atoms with Gasteiger partial charge in [-0.1, -0.05) is 17.3 Å². The van der Waals surface area contributed by atoms with Gasteiger partial charge in [0.1, 0.15) is 0 Å². The lowest BCUT2D eigenvalue weighted by Crippen LogP contribution is -2.32. The largest absolute Gasteiger partial charge is 0.351 e. The van der Waals surface area contributed by atoms with Crippen LogP contribution < -0.4 is 5.32 Å². The number of likely N-dealkylation sites (tertiary alicyclic amines) is 1. The zero-order chi connectivity index (χ0) is 18.4. The molecule has 0 spiro atoms. The van der Waals surface area contributed by atoms with Crippen molar-refractivity contribution in [2.24, 2.45) is 0 Å². The van der Waals surface area contributed by atoms with Crippen molar-refractivity contribution in [3.63, 3.8) is 0 Å². The van der Waals surface area contributed by atoms with Crippen LogP contribution in [-0.4, -0.2) is 46.5 Å². The average Bonchev–Trinajstić information content (AvgIpc) is 3.32. The molecule has 1 aliphatic heterocycles. The third kappa shape index (κ3) is 4.85. The van der Waals surface area contributed by atoms with E-state index < -0.39 is 0 Å². The van der Waals surface area contributed by atoms with Crippen LogP contribution in [0.3, 0.4) is 0 Å². The highest BCUT2D eigenvalue weighted by Crippen LogP contribution is 2.25. The number of hydrogen-bond acceptors (Lipinski definition) is 6. The van der Waals surface area contributed by atoms with E-state index in [9.17, 15) is 9.59 Å². The van der Waals surface area contributed by atoms with E-state index in [0.717, 1.165) is 30.8 Å². The summed E-state index contributed by atoms with van der Waals surface area (Å²) in [6.45, 7) is 3.76. The number of amides is 2. The van der Waals surface area contributed by atoms with Crippen molar-refractivity contribution < 1.29 is 14.1 Å². The summed E-state index contributed by atoms with van der Waals surface area (Å²) in [6, 6.07) is 7.38. The molecule has 0 unspecified atom stereocenters. The summed E-state index contributed by atoms with van der Waals surface area (Å²) in [6.07, 6.45) is 2.48. The Morgan fingerprint density at radius 3 is 2.77 bits per heavy atom. The Labute approximate surface area is 156 Å². The predicted octanol–water partition coefficient (Wildman–Crippen LogP) is 2.41. The Kier molecular flexibility index (Phi) is 6.27. The van der Waals surface area contributed by atoms with Crippen LogP contribution >= 0.6 is 11.8 Å². The van der Waals surface area contributed by atoms with Crippen LogP contribution in [0.1, 0.15) is 41.3 Å². The number of nitrogens with one attached hydrogen (secondary N) is 1. The molecule has 1 aliphatic rings. The maximum Gasteiger partial charge on any atom is 0.252 e. The summed E-state index contributed by atoms with van der Waals surface area (Å²) in [5.74, 6) is 1.58. The van der Waals surface area contributed by atoms with Gasteiger partial charge >= 0.3 is 0 Å². The minimum absolute atomic E-state index is 0.109. The quantitative estimate of drug-likeness (QED) is 0.749. The van der Waals surface area contributed by atoms with Gasteiger partial charge in [-0.2, -0.15) is 4.98 Å². The Balaban J connectivity index is 1.52. The second kappa shape index (κ2) is 8.84. The first-order chi connectivity index (χ1) is 12.6. The van der Waals surface area contributed by atoms with Gasteiger partial charge in [0, 0.05) is 37.9 Å². The number of nitrogens with zero attached hydrogens (tertiary/aromatic N) is 3. The van der Waals surface area contributed by atoms with Crippen LogP contribution in [0, 0.1) is 6.92 Å². The lowest BCUT2D eigenvalue weighted by Gasteiger charge is -2.15. The second-order valence-electron chi connectivity index (χ2n) is 6.11. The van der Waals surface area contributed by atoms with Crippen molar-refractivity contribution in [2.45, 2.75) is 36.8 Å². The number of carbonyl (C=O) groups excluding carboxylic acids is 2. The second-order valence-corrected chi connectivity index (χ2v) is 7.13. The lowest BCUT2D eigenvalue weighted by atomic mass is 10.2. The molecule has 1 aromatic carbocycles. The van der Waals surface area contributed by atoms with E-state index in [1.165, 1.54) is 11.8 Å². The molecule has 2 heterocycles. The van der Waals surface area contributed by atoms with Crippen LogP contribution in [-0.2, 0) is 10.5 Å². The number of aromatic nitrogens is 2. The summed E-state index contributed by atoms with van der Waals surface area (Å²) in [5.41, 5.74) is 0.589. The maximum absolute atomic E-state index is 12.5. The van der Waals surface area contributed by atoms with E-state index in [0.29, 0.717) is 36.0 Å². The SMILES string of the molecule is Cc1nc(CSc2ccccc2C(=O)NCCC(=O)N2CCCC2)no1. The molecule has 0 radical (unpaired) electrons. The fourth-order valence-corrected chi connectivity index (χ4v) is 3.72. The van der Waals surface area contributed by atoms with Crippen molar-refractivity contribution >= 4 is 23.6 Å². The third-order valence-electron chi connectivity index (χ3n) is 4.14. The topological polar surface area (TPSA) is 88.3 Å². The summed E-state index contributed by atoms with van der Waals surface area (Å²) in [7, 11) is 0. The molecular weight excluding hydrogens is 352 g/mol. The summed E-state index contributed by atoms with van der Waals surface area (Å²) in [4.78, 5) is 31.4. The van der Waals surface area contributed by atoms with Crippen molar-refractivity contribution in [3.05, 3.63) is 41.5 Å². The first kappa shape index (κ1) is 18.4. The molecule has 0 saturated carbocycles. The Morgan fingerprint density at radius 1 is 1.27 bits per heavy atom. The molecule has 1 aromatic heterocycles. The van der Waals surface area contributed by atoms with Gasteiger partial charge in [-0.15, -0.1) is 11.8 Å². The van der Waals surface area contributed by atoms with Crippen molar-refractivity contribution in [1.82, 2.24) is 20.4 Å². The van der Waals surface area contributed by atoms with E-state index in [-0.39, 0.29) is 11.8 Å². The van der Waals surface area contributed by atoms with Crippen molar-refractivity contribution in [3.8, 4) is 0 Å². The van der Waals surface area contributed by atoms with Gasteiger partial charge in [-0.05, 0) is 25.0 Å². The number of hydrogen-bond donors (Lipinski definition) is 1. The molecule has 1 fully saturated rings. The van der Waals surface area contributed by atoms with Gasteiger partial charge < -0.3 is 14.7 Å². The molecule has 2 amide bonds. The monoisotopic (exact) mass is 374 g/mol. The number of benzene rings is 1. The van der Waals surface area contributed by atoms with E-state index in [4.69, 9.17) is 4.52 Å². The highest BCUT2D eigenvalue weighted by molar-refractivity contribution is 7.98. The number of carbonyl (C=O) groups is 2. The van der Waals surface area contributed by atoms with Gasteiger partial charge in [0.2, 0.25) is 11.8 Å². The fourth-order valence-electron chi connectivity index (χ4n) is 2.83. The van der Waals surface area contributed by atoms with E-state index in [2.05, 4.69) is 15.5 Å². The van der Waals surface area contributed by atoms with Gasteiger partial charge in [-0.3, -0.25) is 9.59 Å². The molecule has 0 bridgehead atoms. The van der Waals surface area contributed by atoms with Crippen LogP contribution in [0.15, 0.2) is 33.7 Å². The van der Waals surface area contributed by atoms with Crippen LogP contribution in [0.25, 0.3) is 0 Å². The van der Waals surface area contributed by atoms with E-state index in [1.807, 2.05) is 23.1 Å². The molecular formula is C18H22N4O3S. The molecule has 0 aliphatic carbocycles. The highest BCUT2D eigenvalue weighted by Gasteiger charge is 2.18. The van der Waals surface area contributed by atoms with Crippen molar-refractivity contribution in [1.29, 1.82) is 0 Å². The smallest absolute Gasteiger partial charge is 0.252 e. The molecule has 26 heavy (non-hydrogen) atoms. The van der Waals surface area contributed by atoms with Gasteiger partial charge in [0.25, 0.3) is 5.91 Å². The Bertz CT molecular complexity index is 771. The summed E-state index contributed by atoms with van der Waals surface area (Å²) < 4.78 is 4.96. The lowest BCUT2D eigenvalue weighted by molar-refractivity contribution is -0.129. The highest BCUT2D eigenvalue weighted by atomic mass is 32.2. The number of aryl methyl sites for hydroxylation is 1. The molecule has 8 heteroatoms. The van der Waals surface area contributed by atoms with Crippen LogP contribution in [0.4, 0.5) is 0 Å². The molecule has 2 aromatic rings. The third-order valence-corrected chi connectivity index (χ3v) is 5.21. The predicted molar refractivity (Wildman–Crippen MR) is 97.8 cm³/mol. The fraction of sp³-hybridized carbons (Fsp3) is 0.444. The minimum Gasteiger partial charge on any atom is -0.351 e. The zero-order valence-corrected chi connectivity index (χ0v) is 15.6. The van der Waals surface area contributed by atoms with Crippen LogP contribution in [0.2, 0.25) is 0 Å². The first-order valence-electron chi connectivity index (χ1n) is 8.70. The van der Waals surface area contributed by atoms with Gasteiger partial charge in [0.05, 0.1) is 11.3 Å². The molecule has 1 saturated heterocycles. The average molecular weight is 374 g/mol. The minimum atomic E-state index is -0.174. The number of rotatable bonds is 7. The molecule has 1 N–H and O–H groups in total. The molecule has 0 atom stereocenters. The normalized spacial score (nSPS) is 13.8. The Hall–Kier alpha value is -2.35. The van der Waals surface area contributed by atoms with E-state index >= 15 is 0 Å². The first-order valence-corrected chi connectivity index (χ1v) is 9.69. The summed E-state index contributed by atoms with van der Waals surface area (Å²) >= 11 is 1.48. The van der Waals surface area contributed by atoms with Gasteiger partial charge in [-0.25, -0.2) is 0 Å². The Morgan fingerprint density at radius 2 is 2.04 bits per heavy atom. The van der Waals surface area contributed by atoms with Crippen LogP contribution in [0.5, 0.6) is 0 Å². The van der Waals surface area contributed by atoms with Gasteiger partial charge in [0.15, 0.2) is 5.82 Å². The van der Waals surface area contributed by atoms with E-state index in [1.54, 1.807) is 13.0 Å². The zero-order valence-electron chi connectivity index (χ0n) is 14.7. The van der Waals surface area contributed by atoms with Crippen molar-refractivity contribution in [2.75, 3.05) is 19.6 Å². The summed E-state index contributed by atoms with van der Waals surface area (Å²) in [5, 5.41) is 6.71. The molecule has 7 nitrogen and oxygen atoms in total. The molecule has 138 valence electrons.